The van der Waals surface area contributed by atoms with Crippen molar-refractivity contribution >= 4 is 39.1 Å². The number of benzene rings is 3. The molecule has 0 fully saturated rings. The number of fused-ring (bicyclic) bond motifs is 1. The molecule has 41 heavy (non-hydrogen) atoms. The van der Waals surface area contributed by atoms with Crippen molar-refractivity contribution < 1.29 is 27.5 Å². The highest BCUT2D eigenvalue weighted by Crippen LogP contribution is 2.36. The van der Waals surface area contributed by atoms with E-state index >= 15 is 0 Å². The lowest BCUT2D eigenvalue weighted by atomic mass is 10.0. The number of amides is 2. The van der Waals surface area contributed by atoms with Crippen LogP contribution in [0.5, 0.6) is 11.5 Å². The summed E-state index contributed by atoms with van der Waals surface area (Å²) in [5, 5.41) is 3.53. The SMILES string of the molecule is CC(C)(C)NC(=O)C(Cc1ccccc1)N(Cc1ccc(Cl)cc1)C(=O)CN(c1ccc2c(c1)OCO2)S(C)(=O)=O. The predicted molar refractivity (Wildman–Crippen MR) is 159 cm³/mol. The fourth-order valence-electron chi connectivity index (χ4n) is 4.45. The average molecular weight is 600 g/mol. The van der Waals surface area contributed by atoms with Crippen LogP contribution >= 0.6 is 11.6 Å². The Morgan fingerprint density at radius 3 is 2.24 bits per heavy atom. The molecule has 3 aromatic rings. The van der Waals surface area contributed by atoms with Gasteiger partial charge in [-0.3, -0.25) is 13.9 Å². The molecular formula is C30H34ClN3O6S. The Kier molecular flexibility index (Phi) is 9.14. The minimum atomic E-state index is -3.90. The summed E-state index contributed by atoms with van der Waals surface area (Å²) in [4.78, 5) is 29.3. The Morgan fingerprint density at radius 1 is 0.951 bits per heavy atom. The van der Waals surface area contributed by atoms with Gasteiger partial charge in [-0.1, -0.05) is 54.1 Å². The average Bonchev–Trinajstić information content (AvgIpc) is 3.37. The number of rotatable bonds is 10. The van der Waals surface area contributed by atoms with Crippen molar-refractivity contribution in [3.63, 3.8) is 0 Å². The third kappa shape index (κ3) is 8.14. The summed E-state index contributed by atoms with van der Waals surface area (Å²) < 4.78 is 37.7. The first kappa shape index (κ1) is 30.2. The topological polar surface area (TPSA) is 105 Å². The quantitative estimate of drug-likeness (QED) is 0.371. The van der Waals surface area contributed by atoms with Gasteiger partial charge in [0.25, 0.3) is 0 Å². The van der Waals surface area contributed by atoms with Gasteiger partial charge in [0.15, 0.2) is 11.5 Å². The number of sulfonamides is 1. The standard InChI is InChI=1S/C30H34ClN3O6S/c1-30(2,3)32-29(36)25(16-21-8-6-5-7-9-21)33(18-22-10-12-23(31)13-11-22)28(35)19-34(41(4,37)38)24-14-15-26-27(17-24)40-20-39-26/h5-15,17,25H,16,18-20H2,1-4H3,(H,32,36). The minimum Gasteiger partial charge on any atom is -0.454 e. The van der Waals surface area contributed by atoms with Crippen LogP contribution in [-0.2, 0) is 32.6 Å². The van der Waals surface area contributed by atoms with Gasteiger partial charge in [-0.2, -0.15) is 0 Å². The molecule has 1 N–H and O–H groups in total. The van der Waals surface area contributed by atoms with Crippen LogP contribution in [0.1, 0.15) is 31.9 Å². The molecule has 0 bridgehead atoms. The maximum Gasteiger partial charge on any atom is 0.244 e. The maximum atomic E-state index is 14.1. The lowest BCUT2D eigenvalue weighted by molar-refractivity contribution is -0.140. The summed E-state index contributed by atoms with van der Waals surface area (Å²) >= 11 is 6.09. The van der Waals surface area contributed by atoms with Crippen LogP contribution in [0, 0.1) is 0 Å². The molecule has 0 aliphatic carbocycles. The van der Waals surface area contributed by atoms with E-state index in [4.69, 9.17) is 21.1 Å². The lowest BCUT2D eigenvalue weighted by Gasteiger charge is -2.35. The molecule has 0 spiro atoms. The first-order chi connectivity index (χ1) is 19.3. The second-order valence-electron chi connectivity index (χ2n) is 10.9. The molecule has 9 nitrogen and oxygen atoms in total. The van der Waals surface area contributed by atoms with Crippen molar-refractivity contribution in [3.05, 3.63) is 88.9 Å². The van der Waals surface area contributed by atoms with E-state index in [9.17, 15) is 18.0 Å². The van der Waals surface area contributed by atoms with Crippen molar-refractivity contribution in [3.8, 4) is 11.5 Å². The largest absolute Gasteiger partial charge is 0.454 e. The van der Waals surface area contributed by atoms with Crippen LogP contribution in [-0.4, -0.2) is 56.3 Å². The van der Waals surface area contributed by atoms with Gasteiger partial charge in [0, 0.05) is 29.6 Å². The molecule has 1 atom stereocenters. The fraction of sp³-hybridized carbons (Fsp3) is 0.333. The first-order valence-corrected chi connectivity index (χ1v) is 15.3. The van der Waals surface area contributed by atoms with E-state index in [1.54, 1.807) is 36.4 Å². The Bertz CT molecular complexity index is 1490. The van der Waals surface area contributed by atoms with E-state index < -0.39 is 34.1 Å². The lowest BCUT2D eigenvalue weighted by Crippen LogP contribution is -2.56. The number of ether oxygens (including phenoxy) is 2. The number of anilines is 1. The second-order valence-corrected chi connectivity index (χ2v) is 13.2. The highest BCUT2D eigenvalue weighted by atomic mass is 35.5. The van der Waals surface area contributed by atoms with Gasteiger partial charge < -0.3 is 19.7 Å². The molecule has 0 radical (unpaired) electrons. The van der Waals surface area contributed by atoms with E-state index in [1.807, 2.05) is 51.1 Å². The number of hydrogen-bond acceptors (Lipinski definition) is 6. The molecule has 218 valence electrons. The Labute approximate surface area is 246 Å². The van der Waals surface area contributed by atoms with Crippen molar-refractivity contribution in [2.45, 2.75) is 45.3 Å². The van der Waals surface area contributed by atoms with Gasteiger partial charge in [-0.25, -0.2) is 8.42 Å². The third-order valence-electron chi connectivity index (χ3n) is 6.36. The molecule has 1 aliphatic rings. The Morgan fingerprint density at radius 2 is 1.61 bits per heavy atom. The van der Waals surface area contributed by atoms with Gasteiger partial charge in [0.05, 0.1) is 11.9 Å². The fourth-order valence-corrected chi connectivity index (χ4v) is 5.41. The number of carbonyl (C=O) groups is 2. The van der Waals surface area contributed by atoms with Crippen molar-refractivity contribution in [2.75, 3.05) is 23.9 Å². The van der Waals surface area contributed by atoms with Crippen LogP contribution < -0.4 is 19.1 Å². The smallest absolute Gasteiger partial charge is 0.244 e. The second kappa shape index (κ2) is 12.4. The van der Waals surface area contributed by atoms with E-state index in [2.05, 4.69) is 5.32 Å². The molecule has 1 heterocycles. The van der Waals surface area contributed by atoms with Crippen molar-refractivity contribution in [1.82, 2.24) is 10.2 Å². The van der Waals surface area contributed by atoms with E-state index in [1.165, 1.54) is 11.0 Å². The number of nitrogens with zero attached hydrogens (tertiary/aromatic N) is 2. The zero-order chi connectivity index (χ0) is 29.8. The number of halogens is 1. The number of nitrogens with one attached hydrogen (secondary N) is 1. The van der Waals surface area contributed by atoms with Crippen molar-refractivity contribution in [2.24, 2.45) is 0 Å². The Balaban J connectivity index is 1.74. The molecule has 1 aliphatic heterocycles. The maximum absolute atomic E-state index is 14.1. The normalized spacial score (nSPS) is 13.4. The third-order valence-corrected chi connectivity index (χ3v) is 7.75. The molecule has 0 saturated heterocycles. The Hall–Kier alpha value is -3.76. The van der Waals surface area contributed by atoms with Crippen LogP contribution in [0.2, 0.25) is 5.02 Å². The van der Waals surface area contributed by atoms with Gasteiger partial charge >= 0.3 is 0 Å². The molecule has 0 aromatic heterocycles. The molecule has 3 aromatic carbocycles. The van der Waals surface area contributed by atoms with Crippen LogP contribution in [0.15, 0.2) is 72.8 Å². The summed E-state index contributed by atoms with van der Waals surface area (Å²) in [6.07, 6.45) is 1.26. The number of carbonyl (C=O) groups excluding carboxylic acids is 2. The first-order valence-electron chi connectivity index (χ1n) is 13.1. The van der Waals surface area contributed by atoms with Crippen LogP contribution in [0.25, 0.3) is 0 Å². The molecule has 1 unspecified atom stereocenters. The zero-order valence-corrected chi connectivity index (χ0v) is 25.0. The van der Waals surface area contributed by atoms with E-state index in [0.29, 0.717) is 16.5 Å². The van der Waals surface area contributed by atoms with Gasteiger partial charge in [-0.05, 0) is 56.2 Å². The van der Waals surface area contributed by atoms with Crippen LogP contribution in [0.4, 0.5) is 5.69 Å². The summed E-state index contributed by atoms with van der Waals surface area (Å²) in [6, 6.07) is 20.1. The monoisotopic (exact) mass is 599 g/mol. The van der Waals surface area contributed by atoms with Gasteiger partial charge in [0.2, 0.25) is 28.6 Å². The van der Waals surface area contributed by atoms with Gasteiger partial charge in [-0.15, -0.1) is 0 Å². The minimum absolute atomic E-state index is 0.0233. The summed E-state index contributed by atoms with van der Waals surface area (Å²) in [5.74, 6) is -0.0292. The molecule has 11 heteroatoms. The van der Waals surface area contributed by atoms with Crippen molar-refractivity contribution in [1.29, 1.82) is 0 Å². The van der Waals surface area contributed by atoms with Gasteiger partial charge in [0.1, 0.15) is 12.6 Å². The summed E-state index contributed by atoms with van der Waals surface area (Å²) in [6.45, 7) is 5.14. The number of hydrogen-bond donors (Lipinski definition) is 1. The highest BCUT2D eigenvalue weighted by Gasteiger charge is 2.34. The van der Waals surface area contributed by atoms with E-state index in [-0.39, 0.29) is 31.4 Å². The molecule has 0 saturated carbocycles. The predicted octanol–water partition coefficient (Wildman–Crippen LogP) is 4.39. The zero-order valence-electron chi connectivity index (χ0n) is 23.5. The van der Waals surface area contributed by atoms with E-state index in [0.717, 1.165) is 21.7 Å². The van der Waals surface area contributed by atoms with Crippen LogP contribution in [0.3, 0.4) is 0 Å². The summed E-state index contributed by atoms with van der Waals surface area (Å²) in [7, 11) is -3.90. The highest BCUT2D eigenvalue weighted by molar-refractivity contribution is 7.92. The summed E-state index contributed by atoms with van der Waals surface area (Å²) in [5.41, 5.74) is 1.27. The molecule has 4 rings (SSSR count). The molecule has 2 amide bonds. The molecular weight excluding hydrogens is 566 g/mol.